The molecule has 8 heteroatoms. The van der Waals surface area contributed by atoms with E-state index in [-0.39, 0.29) is 12.1 Å². The number of nitrogens with zero attached hydrogens (tertiary/aromatic N) is 1. The van der Waals surface area contributed by atoms with Gasteiger partial charge in [0.1, 0.15) is 0 Å². The molecule has 0 unspecified atom stereocenters. The number of pyridine rings is 1. The van der Waals surface area contributed by atoms with Gasteiger partial charge in [0.05, 0.1) is 0 Å². The van der Waals surface area contributed by atoms with Crippen LogP contribution in [0.1, 0.15) is 5.56 Å². The number of halogens is 3. The highest BCUT2D eigenvalue weighted by molar-refractivity contribution is 7.92. The maximum atomic E-state index is 12.1. The highest BCUT2D eigenvalue weighted by Gasteiger charge is 2.47. The summed E-state index contributed by atoms with van der Waals surface area (Å²) in [6.45, 7) is -0.0527. The fourth-order valence-corrected chi connectivity index (χ4v) is 1.59. The van der Waals surface area contributed by atoms with Crippen LogP contribution in [0.3, 0.4) is 0 Å². The van der Waals surface area contributed by atoms with Crippen molar-refractivity contribution in [3.63, 3.8) is 0 Å². The van der Waals surface area contributed by atoms with Crippen molar-refractivity contribution in [2.24, 2.45) is 5.73 Å². The van der Waals surface area contributed by atoms with Gasteiger partial charge in [-0.3, -0.25) is 0 Å². The highest BCUT2D eigenvalue weighted by atomic mass is 32.2. The molecule has 0 radical (unpaired) electrons. The zero-order chi connectivity index (χ0) is 11.7. The molecule has 0 saturated heterocycles. The van der Waals surface area contributed by atoms with Crippen LogP contribution in [0.5, 0.6) is 0 Å². The standard InChI is InChI=1S/C7H7F3N2O2S/c8-7(9,10)15(13,14)6-3-5(4-11)1-2-12-6/h1-3H,4,11H2. The molecule has 0 aliphatic carbocycles. The maximum absolute atomic E-state index is 12.1. The first-order chi connectivity index (χ1) is 6.79. The van der Waals surface area contributed by atoms with E-state index in [1.54, 1.807) is 0 Å². The molecule has 0 spiro atoms. The molecule has 0 aromatic carbocycles. The zero-order valence-corrected chi connectivity index (χ0v) is 8.14. The topological polar surface area (TPSA) is 73.0 Å². The number of alkyl halides is 3. The molecule has 1 aromatic heterocycles. The second kappa shape index (κ2) is 3.78. The van der Waals surface area contributed by atoms with Gasteiger partial charge in [-0.05, 0) is 17.7 Å². The lowest BCUT2D eigenvalue weighted by atomic mass is 10.3. The van der Waals surface area contributed by atoms with Crippen molar-refractivity contribution in [2.75, 3.05) is 0 Å². The molecule has 0 fully saturated rings. The van der Waals surface area contributed by atoms with Gasteiger partial charge in [-0.2, -0.15) is 13.2 Å². The van der Waals surface area contributed by atoms with Crippen LogP contribution in [0, 0.1) is 0 Å². The summed E-state index contributed by atoms with van der Waals surface area (Å²) in [5.74, 6) is 0. The Balaban J connectivity index is 3.29. The fraction of sp³-hybridized carbons (Fsp3) is 0.286. The van der Waals surface area contributed by atoms with Gasteiger partial charge in [0.25, 0.3) is 9.84 Å². The number of sulfone groups is 1. The Labute approximate surface area is 83.8 Å². The number of nitrogens with two attached hydrogens (primary N) is 1. The molecule has 1 heterocycles. The van der Waals surface area contributed by atoms with Crippen molar-refractivity contribution in [3.8, 4) is 0 Å². The Morgan fingerprint density at radius 1 is 1.40 bits per heavy atom. The van der Waals surface area contributed by atoms with Crippen LogP contribution in [0.2, 0.25) is 0 Å². The Morgan fingerprint density at radius 3 is 2.47 bits per heavy atom. The predicted molar refractivity (Wildman–Crippen MR) is 45.4 cm³/mol. The average Bonchev–Trinajstić information content (AvgIpc) is 2.16. The number of hydrogen-bond donors (Lipinski definition) is 1. The van der Waals surface area contributed by atoms with Gasteiger partial charge in [-0.1, -0.05) is 0 Å². The van der Waals surface area contributed by atoms with Crippen LogP contribution in [0.4, 0.5) is 13.2 Å². The molecule has 0 saturated carbocycles. The van der Waals surface area contributed by atoms with E-state index in [2.05, 4.69) is 4.98 Å². The first-order valence-electron chi connectivity index (χ1n) is 3.75. The normalized spacial score (nSPS) is 12.8. The third-order valence-electron chi connectivity index (χ3n) is 1.62. The molecule has 1 aromatic rings. The van der Waals surface area contributed by atoms with Crippen molar-refractivity contribution in [1.29, 1.82) is 0 Å². The predicted octanol–water partition coefficient (Wildman–Crippen LogP) is 0.834. The molecule has 0 amide bonds. The maximum Gasteiger partial charge on any atom is 0.503 e. The Morgan fingerprint density at radius 2 is 2.00 bits per heavy atom. The van der Waals surface area contributed by atoms with Crippen molar-refractivity contribution >= 4 is 9.84 Å². The van der Waals surface area contributed by atoms with Gasteiger partial charge >= 0.3 is 5.51 Å². The summed E-state index contributed by atoms with van der Waals surface area (Å²) in [4.78, 5) is 3.16. The molecule has 0 bridgehead atoms. The van der Waals surface area contributed by atoms with Gasteiger partial charge < -0.3 is 5.73 Å². The van der Waals surface area contributed by atoms with Gasteiger partial charge in [-0.25, -0.2) is 13.4 Å². The van der Waals surface area contributed by atoms with Crippen molar-refractivity contribution in [2.45, 2.75) is 17.1 Å². The molecule has 4 nitrogen and oxygen atoms in total. The zero-order valence-electron chi connectivity index (χ0n) is 7.32. The van der Waals surface area contributed by atoms with E-state index in [1.165, 1.54) is 6.07 Å². The summed E-state index contributed by atoms with van der Waals surface area (Å²) < 4.78 is 58.1. The molecule has 0 aliphatic heterocycles. The van der Waals surface area contributed by atoms with E-state index in [4.69, 9.17) is 5.73 Å². The van der Waals surface area contributed by atoms with Crippen molar-refractivity contribution in [1.82, 2.24) is 4.98 Å². The summed E-state index contributed by atoms with van der Waals surface area (Å²) >= 11 is 0. The van der Waals surface area contributed by atoms with E-state index < -0.39 is 20.4 Å². The van der Waals surface area contributed by atoms with Crippen LogP contribution in [-0.2, 0) is 16.4 Å². The van der Waals surface area contributed by atoms with Gasteiger partial charge in [0.2, 0.25) is 0 Å². The quantitative estimate of drug-likeness (QED) is 0.831. The summed E-state index contributed by atoms with van der Waals surface area (Å²) in [5.41, 5.74) is 0.0983. The molecule has 0 atom stereocenters. The van der Waals surface area contributed by atoms with Crippen LogP contribution in [-0.4, -0.2) is 18.9 Å². The SMILES string of the molecule is NCc1ccnc(S(=O)(=O)C(F)(F)F)c1. The molecular weight excluding hydrogens is 233 g/mol. The molecular formula is C7H7F3N2O2S. The summed E-state index contributed by atoms with van der Waals surface area (Å²) in [6, 6.07) is 2.15. The summed E-state index contributed by atoms with van der Waals surface area (Å²) in [5, 5.41) is -1.03. The first-order valence-corrected chi connectivity index (χ1v) is 5.23. The fourth-order valence-electron chi connectivity index (χ4n) is 0.843. The summed E-state index contributed by atoms with van der Waals surface area (Å²) in [6.07, 6.45) is 0.973. The van der Waals surface area contributed by atoms with Crippen molar-refractivity contribution < 1.29 is 21.6 Å². The molecule has 0 aliphatic rings. The molecule has 84 valence electrons. The molecule has 15 heavy (non-hydrogen) atoms. The van der Waals surface area contributed by atoms with E-state index in [0.717, 1.165) is 12.3 Å². The monoisotopic (exact) mass is 240 g/mol. The van der Waals surface area contributed by atoms with Gasteiger partial charge in [0.15, 0.2) is 5.03 Å². The van der Waals surface area contributed by atoms with E-state index in [1.807, 2.05) is 0 Å². The molecule has 2 N–H and O–H groups in total. The lowest BCUT2D eigenvalue weighted by Crippen LogP contribution is -2.24. The van der Waals surface area contributed by atoms with Crippen LogP contribution >= 0.6 is 0 Å². The highest BCUT2D eigenvalue weighted by Crippen LogP contribution is 2.29. The minimum atomic E-state index is -5.38. The number of hydrogen-bond acceptors (Lipinski definition) is 4. The van der Waals surface area contributed by atoms with Crippen LogP contribution in [0.15, 0.2) is 23.4 Å². The van der Waals surface area contributed by atoms with Gasteiger partial charge in [0, 0.05) is 12.7 Å². The third-order valence-corrected chi connectivity index (χ3v) is 3.00. The van der Waals surface area contributed by atoms with E-state index in [0.29, 0.717) is 0 Å². The van der Waals surface area contributed by atoms with E-state index in [9.17, 15) is 21.6 Å². The second-order valence-electron chi connectivity index (χ2n) is 2.66. The number of rotatable bonds is 2. The van der Waals surface area contributed by atoms with Crippen molar-refractivity contribution in [3.05, 3.63) is 23.9 Å². The smallest absolute Gasteiger partial charge is 0.326 e. The summed E-state index contributed by atoms with van der Waals surface area (Å²) in [7, 11) is -5.38. The minimum absolute atomic E-state index is 0.0527. The van der Waals surface area contributed by atoms with E-state index >= 15 is 0 Å². The van der Waals surface area contributed by atoms with Crippen LogP contribution in [0.25, 0.3) is 0 Å². The second-order valence-corrected chi connectivity index (χ2v) is 4.54. The first kappa shape index (κ1) is 11.9. The largest absolute Gasteiger partial charge is 0.503 e. The minimum Gasteiger partial charge on any atom is -0.326 e. The van der Waals surface area contributed by atoms with Crippen LogP contribution < -0.4 is 5.73 Å². The Bertz CT molecular complexity index is 456. The average molecular weight is 240 g/mol. The Hall–Kier alpha value is -1.15. The number of aromatic nitrogens is 1. The Kier molecular flexibility index (Phi) is 3.00. The lowest BCUT2D eigenvalue weighted by molar-refractivity contribution is -0.0438. The van der Waals surface area contributed by atoms with Gasteiger partial charge in [-0.15, -0.1) is 0 Å². The molecule has 1 rings (SSSR count). The third kappa shape index (κ3) is 2.26. The lowest BCUT2D eigenvalue weighted by Gasteiger charge is -2.07.